The molecule has 51 heavy (non-hydrogen) atoms. The van der Waals surface area contributed by atoms with Crippen LogP contribution in [0.5, 0.6) is 5.88 Å². The summed E-state index contributed by atoms with van der Waals surface area (Å²) in [6, 6.07) is 2.75. The Morgan fingerprint density at radius 1 is 0.843 bits per heavy atom. The van der Waals surface area contributed by atoms with E-state index in [0.717, 1.165) is 54.6 Å². The van der Waals surface area contributed by atoms with E-state index in [0.29, 0.717) is 51.7 Å². The van der Waals surface area contributed by atoms with Gasteiger partial charge in [-0.25, -0.2) is 13.6 Å². The third-order valence-electron chi connectivity index (χ3n) is 8.98. The number of nitrogens with one attached hydrogen (secondary N) is 1. The average molecular weight is 722 g/mol. The summed E-state index contributed by atoms with van der Waals surface area (Å²) in [6.07, 6.45) is 5.40. The van der Waals surface area contributed by atoms with Gasteiger partial charge in [0.2, 0.25) is 5.56 Å². The van der Waals surface area contributed by atoms with Crippen molar-refractivity contribution in [3.63, 3.8) is 0 Å². The van der Waals surface area contributed by atoms with E-state index in [9.17, 15) is 28.3 Å². The van der Waals surface area contributed by atoms with E-state index in [-0.39, 0.29) is 35.2 Å². The van der Waals surface area contributed by atoms with Crippen molar-refractivity contribution in [2.75, 3.05) is 52.5 Å². The van der Waals surface area contributed by atoms with Crippen molar-refractivity contribution >= 4 is 11.9 Å². The smallest absolute Gasteiger partial charge is 0.376 e. The molecule has 2 aromatic heterocycles. The lowest BCUT2D eigenvalue weighted by Crippen LogP contribution is -2.49. The van der Waals surface area contributed by atoms with Crippen molar-refractivity contribution in [1.29, 1.82) is 0 Å². The van der Waals surface area contributed by atoms with Gasteiger partial charge in [0.25, 0.3) is 6.04 Å². The maximum atomic E-state index is 12.9. The maximum absolute atomic E-state index is 12.9. The second-order valence-electron chi connectivity index (χ2n) is 14.6. The highest BCUT2D eigenvalue weighted by atomic mass is 19.1. The molecule has 2 fully saturated rings. The number of aromatic hydroxyl groups is 1. The van der Waals surface area contributed by atoms with Crippen LogP contribution in [0.2, 0.25) is 0 Å². The molecule has 4 rings (SSSR count). The monoisotopic (exact) mass is 721 g/mol. The van der Waals surface area contributed by atoms with Gasteiger partial charge in [0.15, 0.2) is 6.20 Å². The number of carbonyl (C=O) groups is 2. The van der Waals surface area contributed by atoms with Gasteiger partial charge in [-0.2, -0.15) is 4.57 Å². The van der Waals surface area contributed by atoms with Crippen molar-refractivity contribution in [1.82, 2.24) is 14.8 Å². The van der Waals surface area contributed by atoms with Crippen LogP contribution in [0.3, 0.4) is 0 Å². The summed E-state index contributed by atoms with van der Waals surface area (Å²) in [5.41, 5.74) is 4.10. The van der Waals surface area contributed by atoms with Crippen LogP contribution >= 0.6 is 0 Å². The summed E-state index contributed by atoms with van der Waals surface area (Å²) >= 11 is 0. The van der Waals surface area contributed by atoms with E-state index >= 15 is 0 Å². The Kier molecular flexibility index (Phi) is 18.8. The molecular weight excluding hydrogens is 658 g/mol. The van der Waals surface area contributed by atoms with Crippen molar-refractivity contribution in [2.24, 2.45) is 17.8 Å². The van der Waals surface area contributed by atoms with Crippen LogP contribution in [0.4, 0.5) is 8.78 Å². The number of pyridine rings is 2. The Balaban J connectivity index is 0.000000294. The quantitative estimate of drug-likeness (QED) is 0.185. The Hall–Kier alpha value is -3.38. The zero-order chi connectivity index (χ0) is 38.2. The van der Waals surface area contributed by atoms with Crippen LogP contribution in [-0.4, -0.2) is 96.7 Å². The first-order valence-electron chi connectivity index (χ1n) is 18.5. The van der Waals surface area contributed by atoms with Crippen molar-refractivity contribution < 1.29 is 37.5 Å². The lowest BCUT2D eigenvalue weighted by molar-refractivity contribution is -0.717. The van der Waals surface area contributed by atoms with E-state index < -0.39 is 18.4 Å². The number of ether oxygens (including phenoxy) is 2. The number of H-pyrrole nitrogens is 1. The first kappa shape index (κ1) is 43.8. The number of hydrogen-bond acceptors (Lipinski definition) is 8. The van der Waals surface area contributed by atoms with Gasteiger partial charge in [0.05, 0.1) is 25.2 Å². The van der Waals surface area contributed by atoms with Crippen LogP contribution in [0.25, 0.3) is 0 Å². The maximum Gasteiger partial charge on any atom is 0.376 e. The number of rotatable bonds is 15. The van der Waals surface area contributed by atoms with Gasteiger partial charge in [0.1, 0.15) is 12.3 Å². The van der Waals surface area contributed by atoms with Gasteiger partial charge in [-0.1, -0.05) is 34.6 Å². The highest BCUT2D eigenvalue weighted by Crippen LogP contribution is 2.21. The summed E-state index contributed by atoms with van der Waals surface area (Å²) < 4.78 is 37.2. The summed E-state index contributed by atoms with van der Waals surface area (Å²) in [4.78, 5) is 41.2. The molecule has 288 valence electrons. The lowest BCUT2D eigenvalue weighted by atomic mass is 9.99. The molecule has 10 nitrogen and oxygen atoms in total. The van der Waals surface area contributed by atoms with Gasteiger partial charge in [-0.3, -0.25) is 19.4 Å². The van der Waals surface area contributed by atoms with Crippen LogP contribution in [-0.2, 0) is 31.9 Å². The normalized spacial score (nSPS) is 16.3. The molecule has 0 radical (unpaired) electrons. The predicted octanol–water partition coefficient (Wildman–Crippen LogP) is 5.45. The minimum Gasteiger partial charge on any atom is -0.466 e. The second-order valence-corrected chi connectivity index (χ2v) is 14.6. The minimum absolute atomic E-state index is 0.0509. The molecule has 0 amide bonds. The zero-order valence-electron chi connectivity index (χ0n) is 32.3. The summed E-state index contributed by atoms with van der Waals surface area (Å²) in [6.45, 7) is 22.2. The topological polar surface area (TPSA) is 116 Å². The molecule has 2 aliphatic rings. The molecule has 2 aliphatic heterocycles. The number of carbonyl (C=O) groups excluding carboxylic acids is 2. The van der Waals surface area contributed by atoms with Gasteiger partial charge in [-0.15, -0.1) is 0 Å². The second kappa shape index (κ2) is 21.9. The molecular formula is C39H63F2N4O6+. The molecule has 12 heteroatoms. The number of likely N-dealkylation sites (tertiary alicyclic amines) is 2. The van der Waals surface area contributed by atoms with Crippen LogP contribution in [0.15, 0.2) is 29.3 Å². The number of aryl methyl sites for hydroxylation is 2. The first-order valence-corrected chi connectivity index (χ1v) is 18.5. The minimum atomic E-state index is -0.704. The van der Waals surface area contributed by atoms with Gasteiger partial charge in [0, 0.05) is 63.5 Å². The zero-order valence-corrected chi connectivity index (χ0v) is 32.3. The molecule has 2 aromatic rings. The number of aromatic amines is 1. The standard InChI is InChI=1S/C19H29FN2O3.C11H15FN2O.C9H18O2/c1-5-25-19(24)17(8-13(2)3)22-10-15(14(4)9-18(22)23)6-7-21-11-16(20)12-21;1-8-4-11(15)13-5-9(8)2-3-14-6-10(12)7-14;1-5-11-9(10)8(4)6-7(2)3/h9-10,13,16-17H,5-8,11-12H2,1-4H3;4-5,10H,2-3,6-7H2,1H3,(H,13,15);7-8H,5-6H2,1-4H3/p+1. The largest absolute Gasteiger partial charge is 0.466 e. The first-order chi connectivity index (χ1) is 24.0. The van der Waals surface area contributed by atoms with Crippen LogP contribution in [0.1, 0.15) is 89.6 Å². The third-order valence-corrected chi connectivity index (χ3v) is 8.98. The fraction of sp³-hybridized carbons (Fsp3) is 0.692. The van der Waals surface area contributed by atoms with E-state index in [2.05, 4.69) is 28.6 Å². The lowest BCUT2D eigenvalue weighted by Gasteiger charge is -2.34. The SMILES string of the molecule is CCOC(=O)C(C)CC(C)C.CCOC(=O)C(CC(C)C)[n+]1cc(CCN2CC(F)C2)c(C)cc1O.Cc1cc(=O)[nH]cc1CCN1CC(F)C1. The molecule has 0 bridgehead atoms. The summed E-state index contributed by atoms with van der Waals surface area (Å²) in [5.74, 6) is 0.571. The Labute approximate surface area is 303 Å². The number of halogens is 2. The third kappa shape index (κ3) is 15.4. The van der Waals surface area contributed by atoms with Crippen molar-refractivity contribution in [3.05, 3.63) is 57.1 Å². The Bertz CT molecular complexity index is 1420. The molecule has 0 spiro atoms. The van der Waals surface area contributed by atoms with Crippen LogP contribution in [0, 0.1) is 31.6 Å². The van der Waals surface area contributed by atoms with Gasteiger partial charge in [-0.05, 0) is 75.5 Å². The fourth-order valence-electron chi connectivity index (χ4n) is 6.11. The molecule has 2 unspecified atom stereocenters. The number of esters is 2. The number of aromatic nitrogens is 2. The van der Waals surface area contributed by atoms with Crippen molar-refractivity contribution in [2.45, 2.75) is 106 Å². The Morgan fingerprint density at radius 2 is 1.33 bits per heavy atom. The molecule has 2 atom stereocenters. The number of alkyl halides is 2. The average Bonchev–Trinajstić information content (AvgIpc) is 3.01. The van der Waals surface area contributed by atoms with E-state index in [1.54, 1.807) is 29.8 Å². The number of nitrogens with zero attached hydrogens (tertiary/aromatic N) is 3. The highest BCUT2D eigenvalue weighted by molar-refractivity contribution is 5.72. The molecule has 0 aromatic carbocycles. The molecule has 4 heterocycles. The predicted molar refractivity (Wildman–Crippen MR) is 195 cm³/mol. The molecule has 2 N–H and O–H groups in total. The summed E-state index contributed by atoms with van der Waals surface area (Å²) in [5, 5.41) is 10.4. The molecule has 0 saturated carbocycles. The molecule has 0 aliphatic carbocycles. The fourth-order valence-corrected chi connectivity index (χ4v) is 6.11. The Morgan fingerprint density at radius 3 is 1.80 bits per heavy atom. The highest BCUT2D eigenvalue weighted by Gasteiger charge is 2.34. The van der Waals surface area contributed by atoms with Gasteiger partial charge >= 0.3 is 17.8 Å². The van der Waals surface area contributed by atoms with Crippen molar-refractivity contribution in [3.8, 4) is 5.88 Å². The van der Waals surface area contributed by atoms with Gasteiger partial charge < -0.3 is 19.6 Å². The van der Waals surface area contributed by atoms with E-state index in [1.165, 1.54) is 0 Å². The van der Waals surface area contributed by atoms with E-state index in [4.69, 9.17) is 9.47 Å². The number of hydrogen-bond donors (Lipinski definition) is 2. The summed E-state index contributed by atoms with van der Waals surface area (Å²) in [7, 11) is 0. The molecule has 2 saturated heterocycles. The van der Waals surface area contributed by atoms with E-state index in [1.807, 2.05) is 47.7 Å². The van der Waals surface area contributed by atoms with Crippen LogP contribution < -0.4 is 10.1 Å².